The molecule has 0 bridgehead atoms. The fraction of sp³-hybridized carbons (Fsp3) is 0.440. The maximum atomic E-state index is 13.3. The van der Waals surface area contributed by atoms with Gasteiger partial charge in [0.05, 0.1) is 13.5 Å². The second kappa shape index (κ2) is 11.4. The molecular formula is C25H34N2O3. The predicted octanol–water partition coefficient (Wildman–Crippen LogP) is 4.13. The Balaban J connectivity index is 2.27. The highest BCUT2D eigenvalue weighted by molar-refractivity contribution is 5.88. The van der Waals surface area contributed by atoms with Gasteiger partial charge in [-0.1, -0.05) is 62.7 Å². The van der Waals surface area contributed by atoms with E-state index in [1.165, 1.54) is 0 Å². The number of methoxy groups -OCH3 is 1. The third kappa shape index (κ3) is 6.90. The van der Waals surface area contributed by atoms with E-state index < -0.39 is 6.04 Å². The van der Waals surface area contributed by atoms with E-state index >= 15 is 0 Å². The van der Waals surface area contributed by atoms with E-state index in [0.717, 1.165) is 22.4 Å². The zero-order valence-electron chi connectivity index (χ0n) is 18.8. The fourth-order valence-corrected chi connectivity index (χ4v) is 3.29. The van der Waals surface area contributed by atoms with Crippen LogP contribution in [-0.2, 0) is 22.6 Å². The van der Waals surface area contributed by atoms with Crippen LogP contribution in [0.3, 0.4) is 0 Å². The Labute approximate surface area is 180 Å². The van der Waals surface area contributed by atoms with Gasteiger partial charge in [0.25, 0.3) is 0 Å². The van der Waals surface area contributed by atoms with Crippen LogP contribution in [0.1, 0.15) is 43.9 Å². The van der Waals surface area contributed by atoms with E-state index in [0.29, 0.717) is 25.4 Å². The Morgan fingerprint density at radius 3 is 2.37 bits per heavy atom. The second-order valence-corrected chi connectivity index (χ2v) is 8.10. The molecule has 0 saturated heterocycles. The Morgan fingerprint density at radius 1 is 1.07 bits per heavy atom. The number of rotatable bonds is 10. The fourth-order valence-electron chi connectivity index (χ4n) is 3.29. The molecule has 2 rings (SSSR count). The molecule has 2 amide bonds. The van der Waals surface area contributed by atoms with Crippen LogP contribution in [0.15, 0.2) is 48.5 Å². The number of nitrogens with one attached hydrogen (secondary N) is 1. The molecule has 0 spiro atoms. The molecule has 0 aromatic heterocycles. The SMILES string of the molecule is CC[C@H](C(=O)NCC(C)C)N(Cc1cccc(OC)c1)C(=O)Cc1ccc(C)cc1. The maximum absolute atomic E-state index is 13.3. The molecule has 0 saturated carbocycles. The van der Waals surface area contributed by atoms with Crippen molar-refractivity contribution in [3.05, 3.63) is 65.2 Å². The van der Waals surface area contributed by atoms with Gasteiger partial charge < -0.3 is 15.0 Å². The summed E-state index contributed by atoms with van der Waals surface area (Å²) >= 11 is 0. The van der Waals surface area contributed by atoms with E-state index in [4.69, 9.17) is 4.74 Å². The van der Waals surface area contributed by atoms with Gasteiger partial charge in [0.1, 0.15) is 11.8 Å². The highest BCUT2D eigenvalue weighted by Crippen LogP contribution is 2.18. The van der Waals surface area contributed by atoms with Crippen LogP contribution in [0.4, 0.5) is 0 Å². The zero-order valence-corrected chi connectivity index (χ0v) is 18.8. The molecule has 0 aliphatic rings. The summed E-state index contributed by atoms with van der Waals surface area (Å²) in [7, 11) is 1.62. The molecule has 30 heavy (non-hydrogen) atoms. The Kier molecular flexibility index (Phi) is 8.90. The molecule has 5 heteroatoms. The molecule has 0 unspecified atom stereocenters. The number of ether oxygens (including phenoxy) is 1. The largest absolute Gasteiger partial charge is 0.497 e. The molecule has 0 heterocycles. The van der Waals surface area contributed by atoms with E-state index in [-0.39, 0.29) is 18.2 Å². The quantitative estimate of drug-likeness (QED) is 0.641. The van der Waals surface area contributed by atoms with Crippen molar-refractivity contribution in [2.45, 2.75) is 53.1 Å². The molecule has 0 aliphatic heterocycles. The molecule has 5 nitrogen and oxygen atoms in total. The molecular weight excluding hydrogens is 376 g/mol. The van der Waals surface area contributed by atoms with Crippen molar-refractivity contribution in [2.75, 3.05) is 13.7 Å². The first-order chi connectivity index (χ1) is 14.3. The lowest BCUT2D eigenvalue weighted by Crippen LogP contribution is -2.50. The van der Waals surface area contributed by atoms with Gasteiger partial charge in [-0.3, -0.25) is 9.59 Å². The first-order valence-electron chi connectivity index (χ1n) is 10.6. The third-order valence-corrected chi connectivity index (χ3v) is 5.03. The number of aryl methyl sites for hydroxylation is 1. The predicted molar refractivity (Wildman–Crippen MR) is 120 cm³/mol. The Hall–Kier alpha value is -2.82. The minimum atomic E-state index is -0.520. The van der Waals surface area contributed by atoms with Gasteiger partial charge in [0.15, 0.2) is 0 Å². The Morgan fingerprint density at radius 2 is 1.77 bits per heavy atom. The first kappa shape index (κ1) is 23.5. The number of carbonyl (C=O) groups excluding carboxylic acids is 2. The van der Waals surface area contributed by atoms with Crippen molar-refractivity contribution >= 4 is 11.8 Å². The van der Waals surface area contributed by atoms with Gasteiger partial charge >= 0.3 is 0 Å². The van der Waals surface area contributed by atoms with Crippen LogP contribution in [0.25, 0.3) is 0 Å². The monoisotopic (exact) mass is 410 g/mol. The van der Waals surface area contributed by atoms with Gasteiger partial charge in [-0.2, -0.15) is 0 Å². The van der Waals surface area contributed by atoms with E-state index in [2.05, 4.69) is 19.2 Å². The Bertz CT molecular complexity index is 831. The molecule has 2 aromatic carbocycles. The number of carbonyl (C=O) groups is 2. The summed E-state index contributed by atoms with van der Waals surface area (Å²) < 4.78 is 5.32. The van der Waals surface area contributed by atoms with Crippen molar-refractivity contribution in [2.24, 2.45) is 5.92 Å². The lowest BCUT2D eigenvalue weighted by atomic mass is 10.1. The summed E-state index contributed by atoms with van der Waals surface area (Å²) in [4.78, 5) is 27.9. The molecule has 1 atom stereocenters. The number of amides is 2. The summed E-state index contributed by atoms with van der Waals surface area (Å²) in [6.07, 6.45) is 0.811. The molecule has 2 aromatic rings. The summed E-state index contributed by atoms with van der Waals surface area (Å²) in [5.74, 6) is 0.914. The summed E-state index contributed by atoms with van der Waals surface area (Å²) in [6.45, 7) is 9.02. The van der Waals surface area contributed by atoms with Crippen LogP contribution in [-0.4, -0.2) is 36.4 Å². The highest BCUT2D eigenvalue weighted by Gasteiger charge is 2.28. The topological polar surface area (TPSA) is 58.6 Å². The van der Waals surface area contributed by atoms with E-state index in [1.807, 2.05) is 62.4 Å². The number of nitrogens with zero attached hydrogens (tertiary/aromatic N) is 1. The average molecular weight is 411 g/mol. The van der Waals surface area contributed by atoms with Crippen LogP contribution >= 0.6 is 0 Å². The minimum Gasteiger partial charge on any atom is -0.497 e. The average Bonchev–Trinajstić information content (AvgIpc) is 2.73. The van der Waals surface area contributed by atoms with Crippen LogP contribution < -0.4 is 10.1 Å². The van der Waals surface area contributed by atoms with Gasteiger partial charge in [-0.05, 0) is 42.5 Å². The van der Waals surface area contributed by atoms with Gasteiger partial charge in [0.2, 0.25) is 11.8 Å². The number of hydrogen-bond acceptors (Lipinski definition) is 3. The van der Waals surface area contributed by atoms with Gasteiger partial charge in [-0.15, -0.1) is 0 Å². The van der Waals surface area contributed by atoms with Gasteiger partial charge in [-0.25, -0.2) is 0 Å². The van der Waals surface area contributed by atoms with Crippen molar-refractivity contribution in [1.82, 2.24) is 10.2 Å². The van der Waals surface area contributed by atoms with Crippen molar-refractivity contribution in [1.29, 1.82) is 0 Å². The molecule has 1 N–H and O–H groups in total. The van der Waals surface area contributed by atoms with Gasteiger partial charge in [0, 0.05) is 13.1 Å². The van der Waals surface area contributed by atoms with Crippen molar-refractivity contribution in [3.63, 3.8) is 0 Å². The summed E-state index contributed by atoms with van der Waals surface area (Å²) in [5.41, 5.74) is 3.03. The lowest BCUT2D eigenvalue weighted by Gasteiger charge is -2.31. The smallest absolute Gasteiger partial charge is 0.242 e. The zero-order chi connectivity index (χ0) is 22.1. The van der Waals surface area contributed by atoms with Crippen molar-refractivity contribution in [3.8, 4) is 5.75 Å². The molecule has 0 radical (unpaired) electrons. The molecule has 162 valence electrons. The normalized spacial score (nSPS) is 11.8. The third-order valence-electron chi connectivity index (χ3n) is 5.03. The summed E-state index contributed by atoms with van der Waals surface area (Å²) in [5, 5.41) is 2.99. The molecule has 0 aliphatic carbocycles. The summed E-state index contributed by atoms with van der Waals surface area (Å²) in [6, 6.07) is 15.0. The first-order valence-corrected chi connectivity index (χ1v) is 10.6. The maximum Gasteiger partial charge on any atom is 0.242 e. The molecule has 0 fully saturated rings. The van der Waals surface area contributed by atoms with Crippen molar-refractivity contribution < 1.29 is 14.3 Å². The van der Waals surface area contributed by atoms with Crippen LogP contribution in [0.5, 0.6) is 5.75 Å². The van der Waals surface area contributed by atoms with Crippen LogP contribution in [0, 0.1) is 12.8 Å². The minimum absolute atomic E-state index is 0.0618. The standard InChI is InChI=1S/C25H34N2O3/c1-6-23(25(29)26-16-18(2)3)27(17-21-8-7-9-22(14-21)30-5)24(28)15-20-12-10-19(4)11-13-20/h7-14,18,23H,6,15-17H2,1-5H3,(H,26,29)/t23-/m1/s1. The second-order valence-electron chi connectivity index (χ2n) is 8.10. The highest BCUT2D eigenvalue weighted by atomic mass is 16.5. The van der Waals surface area contributed by atoms with E-state index in [9.17, 15) is 9.59 Å². The number of hydrogen-bond donors (Lipinski definition) is 1. The number of benzene rings is 2. The lowest BCUT2D eigenvalue weighted by molar-refractivity contribution is -0.141. The van der Waals surface area contributed by atoms with Crippen LogP contribution in [0.2, 0.25) is 0 Å². The van der Waals surface area contributed by atoms with E-state index in [1.54, 1.807) is 12.0 Å².